The van der Waals surface area contributed by atoms with E-state index in [0.29, 0.717) is 17.7 Å². The minimum atomic E-state index is -0.570. The summed E-state index contributed by atoms with van der Waals surface area (Å²) in [7, 11) is 1.54. The fraction of sp³-hybridized carbons (Fsp3) is 0.200. The normalized spacial score (nSPS) is 9.50. The van der Waals surface area contributed by atoms with Crippen LogP contribution in [0.3, 0.4) is 0 Å². The van der Waals surface area contributed by atoms with Crippen LogP contribution in [0, 0.1) is 11.3 Å². The summed E-state index contributed by atoms with van der Waals surface area (Å²) in [5, 5.41) is 8.12. The van der Waals surface area contributed by atoms with E-state index in [2.05, 4.69) is 0 Å². The van der Waals surface area contributed by atoms with Crippen LogP contribution in [0.2, 0.25) is 0 Å². The maximum Gasteiger partial charge on any atom is 0.252 e. The highest BCUT2D eigenvalue weighted by Crippen LogP contribution is 2.12. The topological polar surface area (TPSA) is 50.1 Å². The van der Waals surface area contributed by atoms with Crippen molar-refractivity contribution in [2.75, 3.05) is 7.11 Å². The second-order valence-electron chi connectivity index (χ2n) is 2.74. The zero-order valence-electron chi connectivity index (χ0n) is 7.58. The van der Waals surface area contributed by atoms with Crippen LogP contribution < -0.4 is 0 Å². The SMILES string of the molecule is COCc1cc(C#N)cc(C(=O)Cl)c1. The molecule has 0 fully saturated rings. The third kappa shape index (κ3) is 2.56. The van der Waals surface area contributed by atoms with Gasteiger partial charge in [0.05, 0.1) is 18.2 Å². The van der Waals surface area contributed by atoms with E-state index in [0.717, 1.165) is 5.56 Å². The molecule has 0 radical (unpaired) electrons. The summed E-state index contributed by atoms with van der Waals surface area (Å²) in [5.41, 5.74) is 1.48. The molecule has 0 aliphatic rings. The van der Waals surface area contributed by atoms with Crippen molar-refractivity contribution in [1.29, 1.82) is 5.26 Å². The molecule has 0 atom stereocenters. The molecule has 0 spiro atoms. The van der Waals surface area contributed by atoms with E-state index in [1.165, 1.54) is 6.07 Å². The van der Waals surface area contributed by atoms with Gasteiger partial charge in [0.25, 0.3) is 5.24 Å². The fourth-order valence-electron chi connectivity index (χ4n) is 1.12. The van der Waals surface area contributed by atoms with E-state index in [1.54, 1.807) is 19.2 Å². The lowest BCUT2D eigenvalue weighted by atomic mass is 10.1. The molecule has 0 saturated heterocycles. The Labute approximate surface area is 86.9 Å². The Morgan fingerprint density at radius 1 is 1.57 bits per heavy atom. The number of ether oxygens (including phenoxy) is 1. The first kappa shape index (κ1) is 10.7. The van der Waals surface area contributed by atoms with Crippen LogP contribution in [-0.2, 0) is 11.3 Å². The standard InChI is InChI=1S/C10H8ClNO2/c1-14-6-8-2-7(5-12)3-9(4-8)10(11)13/h2-4H,6H2,1H3. The van der Waals surface area contributed by atoms with Gasteiger partial charge in [0.1, 0.15) is 0 Å². The van der Waals surface area contributed by atoms with Crippen molar-refractivity contribution < 1.29 is 9.53 Å². The van der Waals surface area contributed by atoms with Gasteiger partial charge in [0.2, 0.25) is 0 Å². The number of benzene rings is 1. The molecule has 1 aromatic carbocycles. The number of nitrogens with zero attached hydrogens (tertiary/aromatic N) is 1. The summed E-state index contributed by atoms with van der Waals surface area (Å²) >= 11 is 5.32. The molecule has 0 saturated carbocycles. The second kappa shape index (κ2) is 4.75. The summed E-state index contributed by atoms with van der Waals surface area (Å²) in [4.78, 5) is 10.9. The molecular formula is C10H8ClNO2. The van der Waals surface area contributed by atoms with E-state index in [1.807, 2.05) is 6.07 Å². The highest BCUT2D eigenvalue weighted by atomic mass is 35.5. The maximum absolute atomic E-state index is 10.9. The second-order valence-corrected chi connectivity index (χ2v) is 3.08. The maximum atomic E-state index is 10.9. The van der Waals surface area contributed by atoms with E-state index < -0.39 is 5.24 Å². The molecule has 0 bridgehead atoms. The van der Waals surface area contributed by atoms with E-state index in [9.17, 15) is 4.79 Å². The molecule has 0 aliphatic heterocycles. The average molecular weight is 210 g/mol. The van der Waals surface area contributed by atoms with Crippen LogP contribution in [-0.4, -0.2) is 12.4 Å². The number of rotatable bonds is 3. The van der Waals surface area contributed by atoms with Crippen molar-refractivity contribution in [2.45, 2.75) is 6.61 Å². The van der Waals surface area contributed by atoms with Crippen LogP contribution in [0.25, 0.3) is 0 Å². The smallest absolute Gasteiger partial charge is 0.252 e. The number of hydrogen-bond acceptors (Lipinski definition) is 3. The zero-order valence-corrected chi connectivity index (χ0v) is 8.34. The van der Waals surface area contributed by atoms with Crippen molar-refractivity contribution >= 4 is 16.8 Å². The fourth-order valence-corrected chi connectivity index (χ4v) is 1.23. The molecule has 0 amide bonds. The van der Waals surface area contributed by atoms with Gasteiger partial charge in [0, 0.05) is 12.7 Å². The van der Waals surface area contributed by atoms with Crippen LogP contribution in [0.4, 0.5) is 0 Å². The van der Waals surface area contributed by atoms with Crippen molar-refractivity contribution in [3.05, 3.63) is 34.9 Å². The quantitative estimate of drug-likeness (QED) is 0.717. The minimum Gasteiger partial charge on any atom is -0.380 e. The van der Waals surface area contributed by atoms with Gasteiger partial charge in [-0.2, -0.15) is 5.26 Å². The monoisotopic (exact) mass is 209 g/mol. The minimum absolute atomic E-state index is 0.317. The highest BCUT2D eigenvalue weighted by Gasteiger charge is 2.05. The Kier molecular flexibility index (Phi) is 3.63. The Morgan fingerprint density at radius 2 is 2.29 bits per heavy atom. The summed E-state index contributed by atoms with van der Waals surface area (Å²) in [6, 6.07) is 6.68. The largest absolute Gasteiger partial charge is 0.380 e. The molecular weight excluding hydrogens is 202 g/mol. The van der Waals surface area contributed by atoms with Crippen molar-refractivity contribution in [3.8, 4) is 6.07 Å². The first-order valence-corrected chi connectivity index (χ1v) is 4.28. The van der Waals surface area contributed by atoms with Crippen molar-refractivity contribution in [2.24, 2.45) is 0 Å². The zero-order chi connectivity index (χ0) is 10.6. The lowest BCUT2D eigenvalue weighted by molar-refractivity contribution is 0.108. The Bertz CT molecular complexity index is 396. The predicted molar refractivity (Wildman–Crippen MR) is 52.1 cm³/mol. The third-order valence-corrected chi connectivity index (χ3v) is 1.88. The highest BCUT2D eigenvalue weighted by molar-refractivity contribution is 6.67. The summed E-state index contributed by atoms with van der Waals surface area (Å²) in [6.45, 7) is 0.354. The van der Waals surface area contributed by atoms with Gasteiger partial charge in [-0.05, 0) is 35.4 Å². The lowest BCUT2D eigenvalue weighted by Gasteiger charge is -2.02. The Balaban J connectivity index is 3.15. The van der Waals surface area contributed by atoms with Crippen LogP contribution in [0.1, 0.15) is 21.5 Å². The number of methoxy groups -OCH3 is 1. The van der Waals surface area contributed by atoms with Gasteiger partial charge >= 0.3 is 0 Å². The van der Waals surface area contributed by atoms with Gasteiger partial charge in [-0.25, -0.2) is 0 Å². The molecule has 3 nitrogen and oxygen atoms in total. The van der Waals surface area contributed by atoms with Crippen LogP contribution in [0.15, 0.2) is 18.2 Å². The molecule has 1 aromatic rings. The molecule has 72 valence electrons. The molecule has 0 aliphatic carbocycles. The molecule has 1 rings (SSSR count). The van der Waals surface area contributed by atoms with Crippen molar-refractivity contribution in [1.82, 2.24) is 0 Å². The average Bonchev–Trinajstić information content (AvgIpc) is 2.17. The van der Waals surface area contributed by atoms with Crippen LogP contribution >= 0.6 is 11.6 Å². The van der Waals surface area contributed by atoms with E-state index in [-0.39, 0.29) is 0 Å². The summed E-state index contributed by atoms with van der Waals surface area (Å²) < 4.78 is 4.90. The number of carbonyl (C=O) groups is 1. The molecule has 14 heavy (non-hydrogen) atoms. The molecule has 0 N–H and O–H groups in total. The van der Waals surface area contributed by atoms with Gasteiger partial charge in [-0.15, -0.1) is 0 Å². The molecule has 0 heterocycles. The van der Waals surface area contributed by atoms with Gasteiger partial charge in [-0.3, -0.25) is 4.79 Å². The van der Waals surface area contributed by atoms with Gasteiger partial charge < -0.3 is 4.74 Å². The first-order valence-electron chi connectivity index (χ1n) is 3.90. The number of hydrogen-bond donors (Lipinski definition) is 0. The third-order valence-electron chi connectivity index (χ3n) is 1.66. The number of carbonyl (C=O) groups excluding carboxylic acids is 1. The van der Waals surface area contributed by atoms with Crippen LogP contribution in [0.5, 0.6) is 0 Å². The lowest BCUT2D eigenvalue weighted by Crippen LogP contribution is -1.95. The predicted octanol–water partition coefficient (Wildman–Crippen LogP) is 2.08. The molecule has 4 heteroatoms. The van der Waals surface area contributed by atoms with Gasteiger partial charge in [0.15, 0.2) is 0 Å². The van der Waals surface area contributed by atoms with E-state index >= 15 is 0 Å². The number of halogens is 1. The molecule has 0 unspecified atom stereocenters. The van der Waals surface area contributed by atoms with Gasteiger partial charge in [-0.1, -0.05) is 0 Å². The summed E-state index contributed by atoms with van der Waals surface area (Å²) in [6.07, 6.45) is 0. The van der Waals surface area contributed by atoms with E-state index in [4.69, 9.17) is 21.6 Å². The molecule has 0 aromatic heterocycles. The first-order chi connectivity index (χ1) is 6.67. The Morgan fingerprint density at radius 3 is 2.79 bits per heavy atom. The Hall–Kier alpha value is -1.37. The van der Waals surface area contributed by atoms with Crippen molar-refractivity contribution in [3.63, 3.8) is 0 Å². The number of nitriles is 1. The summed E-state index contributed by atoms with van der Waals surface area (Å²) in [5.74, 6) is 0.